The number of nitrogens with zero attached hydrogens (tertiary/aromatic N) is 3. The van der Waals surface area contributed by atoms with Crippen molar-refractivity contribution < 1.29 is 13.2 Å². The summed E-state index contributed by atoms with van der Waals surface area (Å²) in [5.41, 5.74) is 1.38. The summed E-state index contributed by atoms with van der Waals surface area (Å²) in [6.45, 7) is 7.40. The summed E-state index contributed by atoms with van der Waals surface area (Å²) in [5.74, 6) is 0.557. The van der Waals surface area contributed by atoms with Crippen LogP contribution in [0.15, 0.2) is 41.5 Å². The Morgan fingerprint density at radius 1 is 1.21 bits per heavy atom. The number of aryl methyl sites for hydroxylation is 1. The van der Waals surface area contributed by atoms with Crippen LogP contribution in [-0.4, -0.2) is 35.6 Å². The molecule has 1 aromatic heterocycles. The summed E-state index contributed by atoms with van der Waals surface area (Å²) in [4.78, 5) is 11.7. The maximum Gasteiger partial charge on any atom is 0.433 e. The Balaban J connectivity index is 1.93. The first-order valence-corrected chi connectivity index (χ1v) is 9.05. The van der Waals surface area contributed by atoms with Crippen LogP contribution in [0.25, 0.3) is 0 Å². The summed E-state index contributed by atoms with van der Waals surface area (Å²) < 4.78 is 38.0. The van der Waals surface area contributed by atoms with E-state index in [2.05, 4.69) is 50.0 Å². The zero-order valence-corrected chi connectivity index (χ0v) is 16.1. The van der Waals surface area contributed by atoms with E-state index in [1.807, 2.05) is 26.0 Å². The van der Waals surface area contributed by atoms with E-state index in [1.165, 1.54) is 11.1 Å². The van der Waals surface area contributed by atoms with Gasteiger partial charge >= 0.3 is 6.18 Å². The molecule has 0 saturated heterocycles. The maximum absolute atomic E-state index is 12.7. The van der Waals surface area contributed by atoms with E-state index in [4.69, 9.17) is 0 Å². The van der Waals surface area contributed by atoms with Crippen LogP contribution < -0.4 is 16.0 Å². The monoisotopic (exact) mass is 394 g/mol. The van der Waals surface area contributed by atoms with Gasteiger partial charge in [0.1, 0.15) is 5.69 Å². The molecule has 0 amide bonds. The number of guanidine groups is 1. The van der Waals surface area contributed by atoms with Crippen LogP contribution in [-0.2, 0) is 6.18 Å². The van der Waals surface area contributed by atoms with Gasteiger partial charge < -0.3 is 16.0 Å². The van der Waals surface area contributed by atoms with E-state index >= 15 is 0 Å². The highest BCUT2D eigenvalue weighted by atomic mass is 19.4. The molecule has 0 radical (unpaired) electrons. The van der Waals surface area contributed by atoms with Crippen molar-refractivity contribution in [2.75, 3.05) is 25.0 Å². The number of aromatic nitrogens is 2. The van der Waals surface area contributed by atoms with Crippen molar-refractivity contribution in [2.45, 2.75) is 33.0 Å². The van der Waals surface area contributed by atoms with E-state index in [0.717, 1.165) is 12.3 Å². The second-order valence-corrected chi connectivity index (χ2v) is 6.17. The largest absolute Gasteiger partial charge is 0.433 e. The molecular weight excluding hydrogens is 369 g/mol. The fourth-order valence-corrected chi connectivity index (χ4v) is 2.61. The molecule has 1 aromatic carbocycles. The number of anilines is 1. The lowest BCUT2D eigenvalue weighted by atomic mass is 10.0. The fraction of sp³-hybridized carbons (Fsp3) is 0.421. The summed E-state index contributed by atoms with van der Waals surface area (Å²) >= 11 is 0. The second kappa shape index (κ2) is 9.91. The highest BCUT2D eigenvalue weighted by Gasteiger charge is 2.32. The highest BCUT2D eigenvalue weighted by molar-refractivity contribution is 5.80. The molecule has 1 unspecified atom stereocenters. The van der Waals surface area contributed by atoms with Gasteiger partial charge in [0.15, 0.2) is 5.96 Å². The molecule has 2 aromatic rings. The number of halogens is 3. The summed E-state index contributed by atoms with van der Waals surface area (Å²) in [5, 5.41) is 9.26. The van der Waals surface area contributed by atoms with Crippen molar-refractivity contribution in [3.8, 4) is 0 Å². The number of hydrogen-bond acceptors (Lipinski definition) is 4. The third-order valence-electron chi connectivity index (χ3n) is 3.96. The zero-order valence-electron chi connectivity index (χ0n) is 16.1. The van der Waals surface area contributed by atoms with E-state index in [9.17, 15) is 13.2 Å². The lowest BCUT2D eigenvalue weighted by molar-refractivity contribution is -0.141. The molecule has 0 aliphatic carbocycles. The van der Waals surface area contributed by atoms with Gasteiger partial charge in [0.05, 0.1) is 12.6 Å². The van der Waals surface area contributed by atoms with Crippen molar-refractivity contribution in [2.24, 2.45) is 4.99 Å². The average molecular weight is 394 g/mol. The third-order valence-corrected chi connectivity index (χ3v) is 3.96. The molecular formula is C19H25F3N6. The van der Waals surface area contributed by atoms with Gasteiger partial charge in [-0.15, -0.1) is 0 Å². The summed E-state index contributed by atoms with van der Waals surface area (Å²) in [6.07, 6.45) is -3.41. The summed E-state index contributed by atoms with van der Waals surface area (Å²) in [6, 6.07) is 8.98. The number of rotatable bonds is 7. The van der Waals surface area contributed by atoms with Gasteiger partial charge in [-0.2, -0.15) is 13.2 Å². The Bertz CT molecular complexity index is 791. The molecule has 3 N–H and O–H groups in total. The number of aliphatic imine (C=N–C) groups is 1. The maximum atomic E-state index is 12.7. The number of hydrogen-bond donors (Lipinski definition) is 3. The Morgan fingerprint density at radius 2 is 1.96 bits per heavy atom. The van der Waals surface area contributed by atoms with Crippen molar-refractivity contribution in [3.05, 3.63) is 53.3 Å². The average Bonchev–Trinajstić information content (AvgIpc) is 2.65. The van der Waals surface area contributed by atoms with Gasteiger partial charge in [-0.1, -0.05) is 24.3 Å². The van der Waals surface area contributed by atoms with E-state index in [-0.39, 0.29) is 12.0 Å². The molecule has 2 rings (SSSR count). The first-order valence-electron chi connectivity index (χ1n) is 9.05. The van der Waals surface area contributed by atoms with E-state index in [0.29, 0.717) is 25.6 Å². The van der Waals surface area contributed by atoms with Gasteiger partial charge in [0.2, 0.25) is 5.95 Å². The van der Waals surface area contributed by atoms with Crippen LogP contribution in [0, 0.1) is 6.92 Å². The van der Waals surface area contributed by atoms with Crippen LogP contribution in [0.1, 0.15) is 36.7 Å². The standard InChI is InChI=1S/C19H25F3N6/c1-4-23-17(27-14(3)15-8-6-5-7-13(15)2)25-11-12-26-18-24-10-9-16(28-18)19(20,21)22/h5-10,14H,4,11-12H2,1-3H3,(H2,23,25,27)(H,24,26,28). The zero-order chi connectivity index (χ0) is 20.6. The molecule has 1 atom stereocenters. The molecule has 152 valence electrons. The van der Waals surface area contributed by atoms with Crippen LogP contribution in [0.5, 0.6) is 0 Å². The Hall–Kier alpha value is -2.84. The Morgan fingerprint density at radius 3 is 2.64 bits per heavy atom. The van der Waals surface area contributed by atoms with Crippen molar-refractivity contribution in [1.29, 1.82) is 0 Å². The summed E-state index contributed by atoms with van der Waals surface area (Å²) in [7, 11) is 0. The van der Waals surface area contributed by atoms with E-state index in [1.54, 1.807) is 0 Å². The van der Waals surface area contributed by atoms with Gasteiger partial charge in [-0.3, -0.25) is 4.99 Å². The van der Waals surface area contributed by atoms with Crippen LogP contribution in [0.3, 0.4) is 0 Å². The SMILES string of the molecule is CCNC(=NCCNc1nccc(C(F)(F)F)n1)NC(C)c1ccccc1C. The predicted octanol–water partition coefficient (Wildman–Crippen LogP) is 3.53. The molecule has 0 fully saturated rings. The molecule has 0 aliphatic rings. The van der Waals surface area contributed by atoms with Gasteiger partial charge in [-0.25, -0.2) is 9.97 Å². The number of alkyl halides is 3. The van der Waals surface area contributed by atoms with E-state index < -0.39 is 11.9 Å². The lowest BCUT2D eigenvalue weighted by Crippen LogP contribution is -2.39. The molecule has 0 spiro atoms. The molecule has 0 aliphatic heterocycles. The molecule has 9 heteroatoms. The first-order chi connectivity index (χ1) is 13.3. The lowest BCUT2D eigenvalue weighted by Gasteiger charge is -2.19. The Labute approximate surface area is 162 Å². The smallest absolute Gasteiger partial charge is 0.357 e. The minimum absolute atomic E-state index is 0.0544. The van der Waals surface area contributed by atoms with Crippen LogP contribution in [0.4, 0.5) is 19.1 Å². The van der Waals surface area contributed by atoms with Gasteiger partial charge in [0.25, 0.3) is 0 Å². The second-order valence-electron chi connectivity index (χ2n) is 6.17. The highest BCUT2D eigenvalue weighted by Crippen LogP contribution is 2.27. The van der Waals surface area contributed by atoms with Gasteiger partial charge in [-0.05, 0) is 38.0 Å². The van der Waals surface area contributed by atoms with Gasteiger partial charge in [0, 0.05) is 19.3 Å². The minimum atomic E-state index is -4.49. The van der Waals surface area contributed by atoms with Crippen molar-refractivity contribution in [1.82, 2.24) is 20.6 Å². The molecule has 0 saturated carbocycles. The van der Waals surface area contributed by atoms with Crippen LogP contribution in [0.2, 0.25) is 0 Å². The Kier molecular flexibility index (Phi) is 7.60. The number of benzene rings is 1. The molecule has 28 heavy (non-hydrogen) atoms. The predicted molar refractivity (Wildman–Crippen MR) is 104 cm³/mol. The first kappa shape index (κ1) is 21.5. The normalized spacial score (nSPS) is 13.1. The molecule has 1 heterocycles. The topological polar surface area (TPSA) is 74.2 Å². The minimum Gasteiger partial charge on any atom is -0.357 e. The number of nitrogens with one attached hydrogen (secondary N) is 3. The van der Waals surface area contributed by atoms with Crippen molar-refractivity contribution in [3.63, 3.8) is 0 Å². The third kappa shape index (κ3) is 6.40. The molecule has 0 bridgehead atoms. The van der Waals surface area contributed by atoms with Crippen molar-refractivity contribution >= 4 is 11.9 Å². The van der Waals surface area contributed by atoms with Crippen LogP contribution >= 0.6 is 0 Å². The molecule has 6 nitrogen and oxygen atoms in total. The fourth-order valence-electron chi connectivity index (χ4n) is 2.61. The quantitative estimate of drug-likeness (QED) is 0.381.